The zero-order chi connectivity index (χ0) is 27.4. The first-order valence-corrected chi connectivity index (χ1v) is 10.4. The van der Waals surface area contributed by atoms with Gasteiger partial charge in [0.05, 0.1) is 29.1 Å². The molecule has 0 N–H and O–H groups in total. The molecule has 5 rings (SSSR count). The van der Waals surface area contributed by atoms with Crippen LogP contribution in [0, 0.1) is 17.5 Å². The fraction of sp³-hybridized carbons (Fsp3) is 0.130. The zero-order valence-corrected chi connectivity index (χ0v) is 18.4. The maximum Gasteiger partial charge on any atom is 0.417 e. The van der Waals surface area contributed by atoms with Crippen LogP contribution in [0.5, 0.6) is 0 Å². The third kappa shape index (κ3) is 4.78. The Kier molecular flexibility index (Phi) is 5.87. The number of imidazole rings is 1. The van der Waals surface area contributed by atoms with E-state index in [1.165, 1.54) is 17.1 Å². The fourth-order valence-corrected chi connectivity index (χ4v) is 3.61. The lowest BCUT2D eigenvalue weighted by Gasteiger charge is -2.14. The lowest BCUT2D eigenvalue weighted by molar-refractivity contribution is -0.142. The summed E-state index contributed by atoms with van der Waals surface area (Å²) in [6.45, 7) is -0.188. The monoisotopic (exact) mass is 543 g/mol. The van der Waals surface area contributed by atoms with Gasteiger partial charge in [0.15, 0.2) is 23.2 Å². The summed E-state index contributed by atoms with van der Waals surface area (Å²) in [6, 6.07) is 3.22. The van der Waals surface area contributed by atoms with Crippen LogP contribution in [0.15, 0.2) is 53.3 Å². The topological polar surface area (TPSA) is 69.6 Å². The van der Waals surface area contributed by atoms with Gasteiger partial charge in [0.1, 0.15) is 29.4 Å². The Morgan fingerprint density at radius 1 is 0.737 bits per heavy atom. The summed E-state index contributed by atoms with van der Waals surface area (Å²) in [5.41, 5.74) is -4.02. The maximum absolute atomic E-state index is 14.1. The SMILES string of the molecule is Fc1cc(F)c(-c2nc3cnn(Cc4cc(-c5ccc(C(F)(F)F)cc5C(F)(F)F)no4)cc-3n2)cc1F. The fourth-order valence-electron chi connectivity index (χ4n) is 3.61. The molecule has 3 heterocycles. The molecule has 15 heteroatoms. The van der Waals surface area contributed by atoms with Gasteiger partial charge in [0.25, 0.3) is 0 Å². The summed E-state index contributed by atoms with van der Waals surface area (Å²) < 4.78 is 126. The third-order valence-corrected chi connectivity index (χ3v) is 5.37. The molecule has 2 aromatic carbocycles. The smallest absolute Gasteiger partial charge is 0.359 e. The molecule has 0 spiro atoms. The van der Waals surface area contributed by atoms with Crippen molar-refractivity contribution in [1.82, 2.24) is 24.9 Å². The van der Waals surface area contributed by atoms with E-state index >= 15 is 0 Å². The van der Waals surface area contributed by atoms with Crippen molar-refractivity contribution in [3.05, 3.63) is 83.1 Å². The van der Waals surface area contributed by atoms with Gasteiger partial charge in [-0.1, -0.05) is 11.2 Å². The molecule has 0 atom stereocenters. The van der Waals surface area contributed by atoms with Crippen LogP contribution in [0.2, 0.25) is 0 Å². The Bertz CT molecular complexity index is 1620. The molecule has 38 heavy (non-hydrogen) atoms. The minimum absolute atomic E-state index is 0.00346. The predicted molar refractivity (Wildman–Crippen MR) is 111 cm³/mol. The van der Waals surface area contributed by atoms with E-state index in [0.29, 0.717) is 24.3 Å². The van der Waals surface area contributed by atoms with Crippen molar-refractivity contribution in [3.63, 3.8) is 0 Å². The average molecular weight is 543 g/mol. The van der Waals surface area contributed by atoms with E-state index in [0.717, 1.165) is 6.07 Å². The molecule has 0 amide bonds. The third-order valence-electron chi connectivity index (χ3n) is 5.37. The molecule has 0 saturated carbocycles. The van der Waals surface area contributed by atoms with Gasteiger partial charge in [0.2, 0.25) is 0 Å². The summed E-state index contributed by atoms with van der Waals surface area (Å²) in [7, 11) is 0. The van der Waals surface area contributed by atoms with E-state index in [1.807, 2.05) is 0 Å². The van der Waals surface area contributed by atoms with Crippen molar-refractivity contribution in [2.75, 3.05) is 0 Å². The molecule has 0 unspecified atom stereocenters. The molecule has 2 aliphatic heterocycles. The van der Waals surface area contributed by atoms with Crippen LogP contribution >= 0.6 is 0 Å². The van der Waals surface area contributed by atoms with Crippen LogP contribution in [0.25, 0.3) is 34.0 Å². The molecule has 1 aromatic heterocycles. The zero-order valence-electron chi connectivity index (χ0n) is 18.4. The number of nitrogens with zero attached hydrogens (tertiary/aromatic N) is 5. The first-order valence-electron chi connectivity index (χ1n) is 10.4. The van der Waals surface area contributed by atoms with Crippen LogP contribution in [0.3, 0.4) is 0 Å². The van der Waals surface area contributed by atoms with E-state index in [2.05, 4.69) is 20.2 Å². The van der Waals surface area contributed by atoms with Crippen LogP contribution in [-0.4, -0.2) is 24.9 Å². The van der Waals surface area contributed by atoms with Crippen LogP contribution in [0.1, 0.15) is 16.9 Å². The second-order valence-electron chi connectivity index (χ2n) is 7.97. The maximum atomic E-state index is 14.1. The van der Waals surface area contributed by atoms with Crippen molar-refractivity contribution in [2.24, 2.45) is 0 Å². The van der Waals surface area contributed by atoms with Crippen molar-refractivity contribution in [3.8, 4) is 34.0 Å². The van der Waals surface area contributed by atoms with Crippen LogP contribution in [0.4, 0.5) is 39.5 Å². The summed E-state index contributed by atoms with van der Waals surface area (Å²) in [4.78, 5) is 8.10. The van der Waals surface area contributed by atoms with E-state index < -0.39 is 46.5 Å². The standard InChI is InChI=1S/C23H10F9N5O/c24-15-6-17(26)16(25)5-13(15)21-34-19-7-33-37(9-20(19)35-21)8-11-4-18(36-38-11)12-2-1-10(22(27,28)29)3-14(12)23(30,31)32/h1-7,9H,8H2. The first-order chi connectivity index (χ1) is 17.8. The lowest BCUT2D eigenvalue weighted by Crippen LogP contribution is -2.12. The highest BCUT2D eigenvalue weighted by molar-refractivity contribution is 5.66. The quantitative estimate of drug-likeness (QED) is 0.189. The molecule has 3 aromatic rings. The molecule has 0 aliphatic carbocycles. The van der Waals surface area contributed by atoms with Gasteiger partial charge < -0.3 is 4.52 Å². The molecule has 0 radical (unpaired) electrons. The van der Waals surface area contributed by atoms with Gasteiger partial charge in [-0.05, 0) is 18.2 Å². The number of benzene rings is 2. The highest BCUT2D eigenvalue weighted by Crippen LogP contribution is 2.40. The summed E-state index contributed by atoms with van der Waals surface area (Å²) in [5.74, 6) is -4.01. The summed E-state index contributed by atoms with van der Waals surface area (Å²) in [6.07, 6.45) is -7.53. The summed E-state index contributed by atoms with van der Waals surface area (Å²) in [5, 5.41) is 7.58. The highest BCUT2D eigenvalue weighted by atomic mass is 19.4. The number of alkyl halides is 6. The van der Waals surface area contributed by atoms with Crippen molar-refractivity contribution in [1.29, 1.82) is 0 Å². The average Bonchev–Trinajstić information content (AvgIpc) is 3.46. The van der Waals surface area contributed by atoms with Gasteiger partial charge in [-0.15, -0.1) is 0 Å². The van der Waals surface area contributed by atoms with Gasteiger partial charge in [-0.3, -0.25) is 4.68 Å². The Morgan fingerprint density at radius 3 is 2.16 bits per heavy atom. The normalized spacial score (nSPS) is 12.4. The van der Waals surface area contributed by atoms with Crippen LogP contribution in [-0.2, 0) is 18.9 Å². The molecule has 196 valence electrons. The largest absolute Gasteiger partial charge is 0.417 e. The van der Waals surface area contributed by atoms with Crippen LogP contribution < -0.4 is 0 Å². The lowest BCUT2D eigenvalue weighted by atomic mass is 10.0. The minimum atomic E-state index is -5.10. The molecule has 0 bridgehead atoms. The van der Waals surface area contributed by atoms with Gasteiger partial charge >= 0.3 is 12.4 Å². The number of hydrogen-bond donors (Lipinski definition) is 0. The number of rotatable bonds is 4. The molecule has 6 nitrogen and oxygen atoms in total. The van der Waals surface area contributed by atoms with Crippen molar-refractivity contribution < 1.29 is 44.0 Å². The Morgan fingerprint density at radius 2 is 1.45 bits per heavy atom. The van der Waals surface area contributed by atoms with E-state index in [-0.39, 0.29) is 46.8 Å². The van der Waals surface area contributed by atoms with Gasteiger partial charge in [-0.2, -0.15) is 31.4 Å². The molecular formula is C23H10F9N5O. The Balaban J connectivity index is 1.44. The van der Waals surface area contributed by atoms with Gasteiger partial charge in [-0.25, -0.2) is 23.1 Å². The van der Waals surface area contributed by atoms with E-state index in [1.54, 1.807) is 0 Å². The highest BCUT2D eigenvalue weighted by Gasteiger charge is 2.39. The first kappa shape index (κ1) is 25.2. The number of fused-ring (bicyclic) bond motifs is 1. The number of halogens is 9. The van der Waals surface area contributed by atoms with E-state index in [9.17, 15) is 39.5 Å². The summed E-state index contributed by atoms with van der Waals surface area (Å²) >= 11 is 0. The second kappa shape index (κ2) is 8.85. The van der Waals surface area contributed by atoms with Crippen molar-refractivity contribution >= 4 is 0 Å². The predicted octanol–water partition coefficient (Wildman–Crippen LogP) is 6.60. The molecule has 0 fully saturated rings. The van der Waals surface area contributed by atoms with Gasteiger partial charge in [0, 0.05) is 17.7 Å². The number of aromatic nitrogens is 5. The molecule has 2 aliphatic rings. The minimum Gasteiger partial charge on any atom is -0.359 e. The Labute approximate surface area is 205 Å². The Hall–Kier alpha value is -4.43. The van der Waals surface area contributed by atoms with Crippen molar-refractivity contribution in [2.45, 2.75) is 18.9 Å². The second-order valence-corrected chi connectivity index (χ2v) is 7.97. The molecule has 0 saturated heterocycles. The number of hydrogen-bond acceptors (Lipinski definition) is 5. The van der Waals surface area contributed by atoms with E-state index in [4.69, 9.17) is 4.52 Å². The molecular weight excluding hydrogens is 533 g/mol.